The predicted molar refractivity (Wildman–Crippen MR) is 107 cm³/mol. The number of anilines is 1. The van der Waals surface area contributed by atoms with Crippen LogP contribution in [-0.4, -0.2) is 18.5 Å². The molecule has 0 aliphatic carbocycles. The maximum atomic E-state index is 12.0. The number of nitrogens with one attached hydrogen (secondary N) is 1. The Bertz CT molecular complexity index is 511. The summed E-state index contributed by atoms with van der Waals surface area (Å²) in [6.07, 6.45) is 12.0. The zero-order chi connectivity index (χ0) is 19.0. The number of benzene rings is 1. The molecule has 0 bridgehead atoms. The van der Waals surface area contributed by atoms with Gasteiger partial charge in [0.05, 0.1) is 12.2 Å². The summed E-state index contributed by atoms with van der Waals surface area (Å²) < 4.78 is 5.32. The first-order chi connectivity index (χ1) is 12.7. The van der Waals surface area contributed by atoms with E-state index in [2.05, 4.69) is 19.2 Å². The normalized spacial score (nSPS) is 10.5. The fraction of sp³-hybridized carbons (Fsp3) is 0.636. The first-order valence-electron chi connectivity index (χ1n) is 10.2. The SMILES string of the molecule is CCCCCCCCCOC(=O)c1ccc(NC(=O)CCCCC)cc1. The van der Waals surface area contributed by atoms with Crippen molar-refractivity contribution in [1.82, 2.24) is 0 Å². The molecular weight excluding hydrogens is 326 g/mol. The molecule has 1 aromatic rings. The van der Waals surface area contributed by atoms with Crippen molar-refractivity contribution in [2.75, 3.05) is 11.9 Å². The van der Waals surface area contributed by atoms with E-state index < -0.39 is 0 Å². The zero-order valence-corrected chi connectivity index (χ0v) is 16.5. The molecule has 0 aromatic heterocycles. The minimum Gasteiger partial charge on any atom is -0.462 e. The van der Waals surface area contributed by atoms with Crippen LogP contribution in [0.15, 0.2) is 24.3 Å². The number of carbonyl (C=O) groups excluding carboxylic acids is 2. The van der Waals surface area contributed by atoms with Gasteiger partial charge in [-0.1, -0.05) is 65.2 Å². The van der Waals surface area contributed by atoms with Gasteiger partial charge in [0.25, 0.3) is 0 Å². The number of unbranched alkanes of at least 4 members (excludes halogenated alkanes) is 8. The van der Waals surface area contributed by atoms with Crippen molar-refractivity contribution >= 4 is 17.6 Å². The van der Waals surface area contributed by atoms with Gasteiger partial charge in [0.2, 0.25) is 5.91 Å². The van der Waals surface area contributed by atoms with Crippen LogP contribution < -0.4 is 5.32 Å². The van der Waals surface area contributed by atoms with E-state index in [9.17, 15) is 9.59 Å². The Hall–Kier alpha value is -1.84. The van der Waals surface area contributed by atoms with E-state index in [1.54, 1.807) is 24.3 Å². The van der Waals surface area contributed by atoms with E-state index in [-0.39, 0.29) is 11.9 Å². The second-order valence-corrected chi connectivity index (χ2v) is 6.84. The van der Waals surface area contributed by atoms with Gasteiger partial charge in [-0.25, -0.2) is 4.79 Å². The van der Waals surface area contributed by atoms with Crippen LogP contribution in [0.2, 0.25) is 0 Å². The molecule has 0 spiro atoms. The lowest BCUT2D eigenvalue weighted by molar-refractivity contribution is -0.116. The molecule has 26 heavy (non-hydrogen) atoms. The standard InChI is InChI=1S/C22H35NO3/c1-3-5-7-8-9-10-12-18-26-22(25)19-14-16-20(17-15-19)23-21(24)13-11-6-4-2/h14-17H,3-13,18H2,1-2H3,(H,23,24). The van der Waals surface area contributed by atoms with Gasteiger partial charge < -0.3 is 10.1 Å². The molecule has 0 saturated carbocycles. The number of hydrogen-bond acceptors (Lipinski definition) is 3. The van der Waals surface area contributed by atoms with Crippen LogP contribution in [0.1, 0.15) is 94.8 Å². The highest BCUT2D eigenvalue weighted by atomic mass is 16.5. The first-order valence-corrected chi connectivity index (χ1v) is 10.2. The lowest BCUT2D eigenvalue weighted by atomic mass is 10.1. The fourth-order valence-corrected chi connectivity index (χ4v) is 2.76. The third-order valence-corrected chi connectivity index (χ3v) is 4.39. The molecule has 0 aliphatic rings. The number of carbonyl (C=O) groups is 2. The molecule has 0 saturated heterocycles. The van der Waals surface area contributed by atoms with Gasteiger partial charge in [-0.15, -0.1) is 0 Å². The Morgan fingerprint density at radius 3 is 2.04 bits per heavy atom. The van der Waals surface area contributed by atoms with Gasteiger partial charge in [0, 0.05) is 12.1 Å². The Labute approximate surface area is 158 Å². The van der Waals surface area contributed by atoms with Crippen molar-refractivity contribution in [3.63, 3.8) is 0 Å². The van der Waals surface area contributed by atoms with Gasteiger partial charge in [-0.05, 0) is 37.1 Å². The van der Waals surface area contributed by atoms with Crippen molar-refractivity contribution < 1.29 is 14.3 Å². The number of esters is 1. The maximum Gasteiger partial charge on any atom is 0.338 e. The number of ether oxygens (including phenoxy) is 1. The first kappa shape index (κ1) is 22.2. The third-order valence-electron chi connectivity index (χ3n) is 4.39. The molecule has 4 heteroatoms. The van der Waals surface area contributed by atoms with Gasteiger partial charge in [0.1, 0.15) is 0 Å². The van der Waals surface area contributed by atoms with Crippen molar-refractivity contribution in [3.05, 3.63) is 29.8 Å². The summed E-state index contributed by atoms with van der Waals surface area (Å²) in [5.74, 6) is -0.274. The average molecular weight is 362 g/mol. The summed E-state index contributed by atoms with van der Waals surface area (Å²) in [5, 5.41) is 2.86. The van der Waals surface area contributed by atoms with Crippen molar-refractivity contribution in [2.24, 2.45) is 0 Å². The number of amides is 1. The van der Waals surface area contributed by atoms with E-state index in [0.29, 0.717) is 18.6 Å². The third kappa shape index (κ3) is 10.2. The highest BCUT2D eigenvalue weighted by Gasteiger charge is 2.08. The Morgan fingerprint density at radius 1 is 0.808 bits per heavy atom. The quantitative estimate of drug-likeness (QED) is 0.321. The van der Waals surface area contributed by atoms with Gasteiger partial charge >= 0.3 is 5.97 Å². The monoisotopic (exact) mass is 361 g/mol. The van der Waals surface area contributed by atoms with Crippen LogP contribution in [0.3, 0.4) is 0 Å². The van der Waals surface area contributed by atoms with Crippen LogP contribution in [-0.2, 0) is 9.53 Å². The molecule has 0 radical (unpaired) electrons. The van der Waals surface area contributed by atoms with E-state index in [4.69, 9.17) is 4.74 Å². The topological polar surface area (TPSA) is 55.4 Å². The summed E-state index contributed by atoms with van der Waals surface area (Å²) in [7, 11) is 0. The zero-order valence-electron chi connectivity index (χ0n) is 16.5. The highest BCUT2D eigenvalue weighted by molar-refractivity contribution is 5.93. The second-order valence-electron chi connectivity index (χ2n) is 6.84. The predicted octanol–water partition coefficient (Wildman–Crippen LogP) is 6.11. The number of rotatable bonds is 14. The summed E-state index contributed by atoms with van der Waals surface area (Å²) >= 11 is 0. The lowest BCUT2D eigenvalue weighted by Gasteiger charge is -2.07. The smallest absolute Gasteiger partial charge is 0.338 e. The van der Waals surface area contributed by atoms with E-state index in [0.717, 1.165) is 37.8 Å². The summed E-state index contributed by atoms with van der Waals surface area (Å²) in [6, 6.07) is 6.91. The maximum absolute atomic E-state index is 12.0. The number of hydrogen-bond donors (Lipinski definition) is 1. The Kier molecular flexibility index (Phi) is 12.2. The molecule has 4 nitrogen and oxygen atoms in total. The van der Waals surface area contributed by atoms with Gasteiger partial charge in [0.15, 0.2) is 0 Å². The minimum atomic E-state index is -0.295. The van der Waals surface area contributed by atoms with E-state index >= 15 is 0 Å². The van der Waals surface area contributed by atoms with Crippen LogP contribution in [0, 0.1) is 0 Å². The van der Waals surface area contributed by atoms with Crippen molar-refractivity contribution in [1.29, 1.82) is 0 Å². The molecule has 0 atom stereocenters. The Morgan fingerprint density at radius 2 is 1.38 bits per heavy atom. The van der Waals surface area contributed by atoms with Crippen molar-refractivity contribution in [2.45, 2.75) is 84.5 Å². The second kappa shape index (κ2) is 14.3. The molecule has 0 aliphatic heterocycles. The van der Waals surface area contributed by atoms with Crippen molar-refractivity contribution in [3.8, 4) is 0 Å². The van der Waals surface area contributed by atoms with Crippen LogP contribution in [0.25, 0.3) is 0 Å². The summed E-state index contributed by atoms with van der Waals surface area (Å²) in [4.78, 5) is 23.8. The molecule has 1 aromatic carbocycles. The Balaban J connectivity index is 2.21. The van der Waals surface area contributed by atoms with Crippen LogP contribution >= 0.6 is 0 Å². The van der Waals surface area contributed by atoms with Crippen LogP contribution in [0.5, 0.6) is 0 Å². The molecule has 0 fully saturated rings. The van der Waals surface area contributed by atoms with E-state index in [1.807, 2.05) is 0 Å². The lowest BCUT2D eigenvalue weighted by Crippen LogP contribution is -2.11. The molecule has 1 N–H and O–H groups in total. The highest BCUT2D eigenvalue weighted by Crippen LogP contribution is 2.12. The van der Waals surface area contributed by atoms with Gasteiger partial charge in [-0.2, -0.15) is 0 Å². The molecule has 1 rings (SSSR count). The molecule has 0 heterocycles. The van der Waals surface area contributed by atoms with Gasteiger partial charge in [-0.3, -0.25) is 4.79 Å². The minimum absolute atomic E-state index is 0.0210. The molecular formula is C22H35NO3. The average Bonchev–Trinajstić information content (AvgIpc) is 2.64. The molecule has 1 amide bonds. The fourth-order valence-electron chi connectivity index (χ4n) is 2.76. The van der Waals surface area contributed by atoms with Crippen LogP contribution in [0.4, 0.5) is 5.69 Å². The largest absolute Gasteiger partial charge is 0.462 e. The van der Waals surface area contributed by atoms with E-state index in [1.165, 1.54) is 32.1 Å². The molecule has 0 unspecified atom stereocenters. The summed E-state index contributed by atoms with van der Waals surface area (Å²) in [5.41, 5.74) is 1.24. The summed E-state index contributed by atoms with van der Waals surface area (Å²) in [6.45, 7) is 4.80. The molecule has 146 valence electrons.